The molecule has 1 amide bonds. The zero-order chi connectivity index (χ0) is 12.4. The van der Waals surface area contributed by atoms with Gasteiger partial charge in [-0.1, -0.05) is 0 Å². The average Bonchev–Trinajstić information content (AvgIpc) is 2.69. The molecule has 1 fully saturated rings. The summed E-state index contributed by atoms with van der Waals surface area (Å²) in [4.78, 5) is 13.2. The van der Waals surface area contributed by atoms with Crippen LogP contribution in [-0.2, 0) is 4.79 Å². The second-order valence-corrected chi connectivity index (χ2v) is 4.45. The quantitative estimate of drug-likeness (QED) is 0.653. The lowest BCUT2D eigenvalue weighted by atomic mass is 10.2. The average molecular weight is 234 g/mol. The van der Waals surface area contributed by atoms with Gasteiger partial charge in [-0.15, -0.1) is 0 Å². The first-order valence-electron chi connectivity index (χ1n) is 5.73. The molecule has 1 aliphatic heterocycles. The Hall–Kier alpha value is -1.91. The van der Waals surface area contributed by atoms with Crippen molar-refractivity contribution in [2.45, 2.75) is 19.4 Å². The molecule has 17 heavy (non-hydrogen) atoms. The zero-order valence-electron chi connectivity index (χ0n) is 9.94. The first-order valence-corrected chi connectivity index (χ1v) is 5.73. The van der Waals surface area contributed by atoms with E-state index in [0.29, 0.717) is 11.4 Å². The number of benzene rings is 1. The van der Waals surface area contributed by atoms with Crippen LogP contribution in [0.4, 0.5) is 17.1 Å². The summed E-state index contributed by atoms with van der Waals surface area (Å²) in [6.45, 7) is 3.29. The minimum Gasteiger partial charge on any atom is -0.397 e. The third-order valence-corrected chi connectivity index (χ3v) is 3.03. The largest absolute Gasteiger partial charge is 0.397 e. The van der Waals surface area contributed by atoms with Crippen LogP contribution in [-0.4, -0.2) is 25.0 Å². The Bertz CT molecular complexity index is 433. The number of hydrogen-bond donors (Lipinski definition) is 3. The van der Waals surface area contributed by atoms with Gasteiger partial charge in [0.2, 0.25) is 5.91 Å². The Balaban J connectivity index is 2.04. The van der Waals surface area contributed by atoms with Gasteiger partial charge >= 0.3 is 0 Å². The molecule has 1 atom stereocenters. The number of nitrogens with zero attached hydrogens (tertiary/aromatic N) is 1. The molecule has 1 aromatic carbocycles. The molecule has 5 nitrogen and oxygen atoms in total. The Morgan fingerprint density at radius 1 is 1.41 bits per heavy atom. The first kappa shape index (κ1) is 11.6. The molecule has 0 aliphatic carbocycles. The van der Waals surface area contributed by atoms with Crippen LogP contribution in [0.2, 0.25) is 0 Å². The Labute approximate surface area is 101 Å². The Morgan fingerprint density at radius 2 is 2.18 bits per heavy atom. The van der Waals surface area contributed by atoms with Crippen molar-refractivity contribution in [2.75, 3.05) is 29.5 Å². The number of carbonyl (C=O) groups is 1. The number of nitrogen functional groups attached to an aromatic ring is 2. The number of nitrogens with one attached hydrogen (secondary N) is 1. The van der Waals surface area contributed by atoms with Crippen molar-refractivity contribution in [1.82, 2.24) is 5.32 Å². The van der Waals surface area contributed by atoms with Crippen molar-refractivity contribution in [1.29, 1.82) is 0 Å². The molecule has 1 unspecified atom stereocenters. The van der Waals surface area contributed by atoms with Crippen molar-refractivity contribution in [2.24, 2.45) is 0 Å². The van der Waals surface area contributed by atoms with Gasteiger partial charge in [0.05, 0.1) is 11.4 Å². The Kier molecular flexibility index (Phi) is 3.08. The SMILES string of the molecule is CC(=O)NC1CCN(c2ccc(N)c(N)c2)C1. The van der Waals surface area contributed by atoms with Gasteiger partial charge in [0, 0.05) is 31.7 Å². The summed E-state index contributed by atoms with van der Waals surface area (Å²) in [6.07, 6.45) is 0.962. The van der Waals surface area contributed by atoms with E-state index in [9.17, 15) is 4.79 Å². The minimum atomic E-state index is 0.0219. The molecular weight excluding hydrogens is 216 g/mol. The summed E-state index contributed by atoms with van der Waals surface area (Å²) in [7, 11) is 0. The second-order valence-electron chi connectivity index (χ2n) is 4.45. The lowest BCUT2D eigenvalue weighted by Crippen LogP contribution is -2.35. The molecule has 2 rings (SSSR count). The fourth-order valence-electron chi connectivity index (χ4n) is 2.16. The number of nitrogens with two attached hydrogens (primary N) is 2. The minimum absolute atomic E-state index is 0.0219. The van der Waals surface area contributed by atoms with Crippen LogP contribution in [0.15, 0.2) is 18.2 Å². The van der Waals surface area contributed by atoms with E-state index in [-0.39, 0.29) is 11.9 Å². The summed E-state index contributed by atoms with van der Waals surface area (Å²) < 4.78 is 0. The second kappa shape index (κ2) is 4.53. The van der Waals surface area contributed by atoms with Crippen LogP contribution in [0.3, 0.4) is 0 Å². The molecule has 0 aromatic heterocycles. The van der Waals surface area contributed by atoms with E-state index < -0.39 is 0 Å². The monoisotopic (exact) mass is 234 g/mol. The summed E-state index contributed by atoms with van der Waals surface area (Å²) in [6, 6.07) is 5.88. The fourth-order valence-corrected chi connectivity index (χ4v) is 2.16. The van der Waals surface area contributed by atoms with Crippen LogP contribution in [0.1, 0.15) is 13.3 Å². The van der Waals surface area contributed by atoms with Gasteiger partial charge < -0.3 is 21.7 Å². The van der Waals surface area contributed by atoms with Gasteiger partial charge in [0.25, 0.3) is 0 Å². The van der Waals surface area contributed by atoms with E-state index >= 15 is 0 Å². The highest BCUT2D eigenvalue weighted by atomic mass is 16.1. The molecule has 1 saturated heterocycles. The lowest BCUT2D eigenvalue weighted by Gasteiger charge is -2.19. The maximum absolute atomic E-state index is 11.0. The van der Waals surface area contributed by atoms with E-state index in [1.807, 2.05) is 18.2 Å². The molecule has 0 spiro atoms. The number of rotatable bonds is 2. The highest BCUT2D eigenvalue weighted by molar-refractivity contribution is 5.73. The highest BCUT2D eigenvalue weighted by Gasteiger charge is 2.23. The summed E-state index contributed by atoms with van der Waals surface area (Å²) in [5.74, 6) is 0.0219. The third-order valence-electron chi connectivity index (χ3n) is 3.03. The van der Waals surface area contributed by atoms with Crippen LogP contribution in [0.5, 0.6) is 0 Å². The summed E-state index contributed by atoms with van der Waals surface area (Å²) in [5.41, 5.74) is 13.7. The fraction of sp³-hybridized carbons (Fsp3) is 0.417. The van der Waals surface area contributed by atoms with Gasteiger partial charge in [0.1, 0.15) is 0 Å². The van der Waals surface area contributed by atoms with Gasteiger partial charge in [-0.05, 0) is 24.6 Å². The number of hydrogen-bond acceptors (Lipinski definition) is 4. The molecule has 1 aromatic rings. The van der Waals surface area contributed by atoms with Crippen molar-refractivity contribution < 1.29 is 4.79 Å². The molecular formula is C12H18N4O. The van der Waals surface area contributed by atoms with Crippen molar-refractivity contribution in [3.63, 3.8) is 0 Å². The van der Waals surface area contributed by atoms with Crippen LogP contribution >= 0.6 is 0 Å². The molecule has 5 N–H and O–H groups in total. The number of carbonyl (C=O) groups excluding carboxylic acids is 1. The van der Waals surface area contributed by atoms with Crippen molar-refractivity contribution in [3.8, 4) is 0 Å². The molecule has 92 valence electrons. The van der Waals surface area contributed by atoms with E-state index in [1.54, 1.807) is 6.92 Å². The molecule has 5 heteroatoms. The predicted molar refractivity (Wildman–Crippen MR) is 69.7 cm³/mol. The first-order chi connectivity index (χ1) is 8.06. The van der Waals surface area contributed by atoms with E-state index in [4.69, 9.17) is 11.5 Å². The smallest absolute Gasteiger partial charge is 0.217 e. The molecule has 1 heterocycles. The maximum Gasteiger partial charge on any atom is 0.217 e. The summed E-state index contributed by atoms with van der Waals surface area (Å²) >= 11 is 0. The standard InChI is InChI=1S/C12H18N4O/c1-8(17)15-9-4-5-16(7-9)10-2-3-11(13)12(14)6-10/h2-3,6,9H,4-5,7,13-14H2,1H3,(H,15,17). The lowest BCUT2D eigenvalue weighted by molar-refractivity contribution is -0.119. The van der Waals surface area contributed by atoms with Gasteiger partial charge in [-0.3, -0.25) is 4.79 Å². The van der Waals surface area contributed by atoms with Gasteiger partial charge in [-0.2, -0.15) is 0 Å². The molecule has 1 aliphatic rings. The maximum atomic E-state index is 11.0. The predicted octanol–water partition coefficient (Wildman–Crippen LogP) is 0.566. The van der Waals surface area contributed by atoms with Crippen molar-refractivity contribution in [3.05, 3.63) is 18.2 Å². The van der Waals surface area contributed by atoms with E-state index in [1.165, 1.54) is 0 Å². The Morgan fingerprint density at radius 3 is 2.82 bits per heavy atom. The highest BCUT2D eigenvalue weighted by Crippen LogP contribution is 2.25. The molecule has 0 radical (unpaired) electrons. The van der Waals surface area contributed by atoms with Crippen LogP contribution in [0, 0.1) is 0 Å². The molecule has 0 saturated carbocycles. The summed E-state index contributed by atoms with van der Waals surface area (Å²) in [5, 5.41) is 2.93. The molecule has 0 bridgehead atoms. The third kappa shape index (κ3) is 2.61. The van der Waals surface area contributed by atoms with Crippen LogP contribution in [0.25, 0.3) is 0 Å². The van der Waals surface area contributed by atoms with Crippen LogP contribution < -0.4 is 21.7 Å². The van der Waals surface area contributed by atoms with E-state index in [0.717, 1.165) is 25.2 Å². The van der Waals surface area contributed by atoms with E-state index in [2.05, 4.69) is 10.2 Å². The number of amides is 1. The normalized spacial score (nSPS) is 19.4. The topological polar surface area (TPSA) is 84.4 Å². The number of anilines is 3. The van der Waals surface area contributed by atoms with Gasteiger partial charge in [-0.25, -0.2) is 0 Å². The zero-order valence-corrected chi connectivity index (χ0v) is 9.94. The van der Waals surface area contributed by atoms with Crippen molar-refractivity contribution >= 4 is 23.0 Å². The van der Waals surface area contributed by atoms with Gasteiger partial charge in [0.15, 0.2) is 0 Å².